The largest absolute Gasteiger partial charge is 0.503 e. The van der Waals surface area contributed by atoms with Crippen molar-refractivity contribution in [2.75, 3.05) is 0 Å². The highest BCUT2D eigenvalue weighted by molar-refractivity contribution is 6.10. The zero-order valence-corrected chi connectivity index (χ0v) is 49.4. The molecule has 0 unspecified atom stereocenters. The van der Waals surface area contributed by atoms with E-state index in [1.807, 2.05) is 53.1 Å². The van der Waals surface area contributed by atoms with Crippen LogP contribution in [0.4, 0.5) is 22.7 Å². The van der Waals surface area contributed by atoms with Gasteiger partial charge in [-0.1, -0.05) is 187 Å². The maximum Gasteiger partial charge on any atom is 0.503 e. The summed E-state index contributed by atoms with van der Waals surface area (Å²) in [6, 6.07) is 61.9. The molecule has 0 bridgehead atoms. The molecule has 0 radical (unpaired) electrons. The van der Waals surface area contributed by atoms with E-state index in [4.69, 9.17) is 17.9 Å². The van der Waals surface area contributed by atoms with Crippen LogP contribution in [0.1, 0.15) is 150 Å². The van der Waals surface area contributed by atoms with Crippen LogP contribution >= 0.6 is 0 Å². The van der Waals surface area contributed by atoms with Gasteiger partial charge in [-0.25, -0.2) is 4.98 Å². The van der Waals surface area contributed by atoms with Crippen molar-refractivity contribution >= 4 is 50.6 Å². The van der Waals surface area contributed by atoms with Gasteiger partial charge in [-0.05, 0) is 161 Å². The fourth-order valence-corrected chi connectivity index (χ4v) is 12.1. The Hall–Kier alpha value is -8.11. The van der Waals surface area contributed by atoms with Crippen molar-refractivity contribution in [3.05, 3.63) is 215 Å². The van der Waals surface area contributed by atoms with Gasteiger partial charge in [-0.3, -0.25) is 4.57 Å². The average Bonchev–Trinajstić information content (AvgIpc) is 1.80. The van der Waals surface area contributed by atoms with E-state index in [0.717, 1.165) is 74.2 Å². The molecule has 0 atom stereocenters. The summed E-state index contributed by atoms with van der Waals surface area (Å²) in [6.45, 7) is 24.8. The molecule has 0 spiro atoms. The summed E-state index contributed by atoms with van der Waals surface area (Å²) in [5.41, 5.74) is 17.0. The SMILES string of the molecule is [2H]C([2H])([2H])c1ccc2c3ccc(Oc4cccc([N+]5=C=[N+](c6c(-c7ccccc7)cc(C(C)(C)C)cc6-c6cc(C(C)(C)C)cc(C(C)(C)C)c6)c6ccccc65)c4)cc3n(-c3cc(C([2H])([2H])[2H])c(-c4ccc5c(c4)C(C)(C)CCC5(C)C)cn3)c2c1. The molecule has 12 rings (SSSR count). The first kappa shape index (κ1) is 46.6. The number of benzene rings is 8. The Morgan fingerprint density at radius 2 is 1.11 bits per heavy atom. The van der Waals surface area contributed by atoms with Crippen LogP contribution in [0.5, 0.6) is 11.5 Å². The molecule has 406 valence electrons. The summed E-state index contributed by atoms with van der Waals surface area (Å²) in [5, 5.41) is 1.62. The highest BCUT2D eigenvalue weighted by Crippen LogP contribution is 2.50. The lowest BCUT2D eigenvalue weighted by atomic mass is 9.63. The molecule has 0 fully saturated rings. The van der Waals surface area contributed by atoms with E-state index in [1.165, 1.54) is 27.8 Å². The second-order valence-corrected chi connectivity index (χ2v) is 27.1. The second-order valence-electron chi connectivity index (χ2n) is 27.1. The molecular weight excluding hydrogens is 985 g/mol. The topological polar surface area (TPSA) is 33.1 Å². The maximum absolute atomic E-state index is 8.95. The quantitative estimate of drug-likeness (QED) is 0.142. The molecule has 2 aliphatic rings. The molecular formula is C76H78N4O+2. The summed E-state index contributed by atoms with van der Waals surface area (Å²) in [7, 11) is 0. The number of rotatable bonds is 8. The van der Waals surface area contributed by atoms with Gasteiger partial charge < -0.3 is 4.74 Å². The predicted molar refractivity (Wildman–Crippen MR) is 343 cm³/mol. The van der Waals surface area contributed by atoms with Gasteiger partial charge in [0.1, 0.15) is 17.3 Å². The summed E-state index contributed by atoms with van der Waals surface area (Å²) in [6.07, 6.45) is 3.75. The zero-order chi connectivity index (χ0) is 62.1. The number of ether oxygens (including phenoxy) is 1. The number of aryl methyl sites for hydroxylation is 2. The molecule has 8 aromatic carbocycles. The normalized spacial score (nSPS) is 16.3. The molecule has 10 aromatic rings. The van der Waals surface area contributed by atoms with Crippen molar-refractivity contribution < 1.29 is 13.0 Å². The fourth-order valence-electron chi connectivity index (χ4n) is 12.1. The van der Waals surface area contributed by atoms with E-state index in [0.29, 0.717) is 33.9 Å². The molecule has 1 aliphatic heterocycles. The molecule has 5 nitrogen and oxygen atoms in total. The van der Waals surface area contributed by atoms with E-state index in [-0.39, 0.29) is 38.2 Å². The van der Waals surface area contributed by atoms with Crippen LogP contribution in [0.25, 0.3) is 61.0 Å². The van der Waals surface area contributed by atoms with Gasteiger partial charge in [0.25, 0.3) is 11.4 Å². The predicted octanol–water partition coefficient (Wildman–Crippen LogP) is 20.7. The number of aromatic nitrogens is 2. The van der Waals surface area contributed by atoms with E-state index in [9.17, 15) is 0 Å². The van der Waals surface area contributed by atoms with Crippen molar-refractivity contribution in [3.63, 3.8) is 0 Å². The summed E-state index contributed by atoms with van der Waals surface area (Å²) >= 11 is 0. The van der Waals surface area contributed by atoms with Gasteiger partial charge in [0.15, 0.2) is 0 Å². The van der Waals surface area contributed by atoms with Crippen LogP contribution < -0.4 is 13.9 Å². The summed E-state index contributed by atoms with van der Waals surface area (Å²) in [4.78, 5) is 5.06. The van der Waals surface area contributed by atoms with E-state index < -0.39 is 13.7 Å². The van der Waals surface area contributed by atoms with Crippen LogP contribution in [0, 0.1) is 13.7 Å². The van der Waals surface area contributed by atoms with Gasteiger partial charge in [-0.15, -0.1) is 0 Å². The lowest BCUT2D eigenvalue weighted by Gasteiger charge is -2.42. The van der Waals surface area contributed by atoms with Gasteiger partial charge in [0, 0.05) is 55.0 Å². The first-order valence-electron chi connectivity index (χ1n) is 31.6. The summed E-state index contributed by atoms with van der Waals surface area (Å²) < 4.78 is 65.2. The first-order chi connectivity index (χ1) is 40.7. The van der Waals surface area contributed by atoms with Crippen LogP contribution in [0.15, 0.2) is 176 Å². The Morgan fingerprint density at radius 1 is 0.506 bits per heavy atom. The molecule has 2 aromatic heterocycles. The number of hydrogen-bond donors (Lipinski definition) is 0. The van der Waals surface area contributed by atoms with Gasteiger partial charge >= 0.3 is 6.01 Å². The van der Waals surface area contributed by atoms with Crippen molar-refractivity contribution in [1.29, 1.82) is 0 Å². The lowest BCUT2D eigenvalue weighted by molar-refractivity contribution is 0.332. The highest BCUT2D eigenvalue weighted by atomic mass is 16.5. The number of para-hydroxylation sites is 2. The maximum atomic E-state index is 8.95. The Morgan fingerprint density at radius 3 is 1.78 bits per heavy atom. The Balaban J connectivity index is 1.01. The van der Waals surface area contributed by atoms with Crippen LogP contribution in [-0.2, 0) is 27.1 Å². The lowest BCUT2D eigenvalue weighted by Crippen LogP contribution is -2.33. The smallest absolute Gasteiger partial charge is 0.457 e. The van der Waals surface area contributed by atoms with Crippen LogP contribution in [-0.4, -0.2) is 15.6 Å². The van der Waals surface area contributed by atoms with Crippen molar-refractivity contribution in [2.24, 2.45) is 0 Å². The molecule has 3 heterocycles. The third kappa shape index (κ3) is 9.74. The fraction of sp³-hybridized carbons (Fsp3) is 0.289. The number of nitrogens with zero attached hydrogens (tertiary/aromatic N) is 4. The molecule has 5 heteroatoms. The number of pyridine rings is 1. The number of hydrogen-bond acceptors (Lipinski definition) is 2. The molecule has 0 amide bonds. The average molecular weight is 1070 g/mol. The number of fused-ring (bicyclic) bond motifs is 5. The van der Waals surface area contributed by atoms with Gasteiger partial charge in [0.2, 0.25) is 11.4 Å². The standard InChI is InChI=1S/C76H78N4O/c1-48-28-31-59-60-32-30-58(45-69(60)80(68(59)36-48)70-37-49(2)63(46-77-70)51-29-33-64-65(40-51)76(14,15)35-34-75(64,12)13)81-57-25-21-24-56(44-57)78-47-79(67-27-20-19-26-66(67)78)71-61(50-22-17-16-18-23-50)42-55(74(9,10)11)43-62(71)52-38-53(72(3,4)5)41-54(39-52)73(6,7)8/h16-33,36-46H,34-35H2,1-15H3/q+2/i1D3,2D3. The van der Waals surface area contributed by atoms with Crippen LogP contribution in [0.2, 0.25) is 0 Å². The van der Waals surface area contributed by atoms with E-state index >= 15 is 0 Å². The van der Waals surface area contributed by atoms with Crippen LogP contribution in [0.3, 0.4) is 0 Å². The van der Waals surface area contributed by atoms with E-state index in [1.54, 1.807) is 24.4 Å². The minimum absolute atomic E-state index is 0.0107. The Kier molecular flexibility index (Phi) is 11.1. The molecule has 1 aliphatic carbocycles. The first-order valence-corrected chi connectivity index (χ1v) is 28.6. The minimum atomic E-state index is -2.51. The molecule has 81 heavy (non-hydrogen) atoms. The van der Waals surface area contributed by atoms with Crippen molar-refractivity contribution in [3.8, 4) is 50.7 Å². The molecule has 0 saturated heterocycles. The molecule has 0 N–H and O–H groups in total. The molecule has 0 saturated carbocycles. The third-order valence-electron chi connectivity index (χ3n) is 17.2. The Bertz CT molecular complexity index is 4460. The van der Waals surface area contributed by atoms with E-state index in [2.05, 4.69) is 208 Å². The summed E-state index contributed by atoms with van der Waals surface area (Å²) in [5.74, 6) is 1.44. The Labute approximate surface area is 489 Å². The zero-order valence-electron chi connectivity index (χ0n) is 55.4. The monoisotopic (exact) mass is 1070 g/mol. The minimum Gasteiger partial charge on any atom is -0.457 e. The highest BCUT2D eigenvalue weighted by Gasteiger charge is 2.41. The second kappa shape index (κ2) is 19.3. The van der Waals surface area contributed by atoms with Gasteiger partial charge in [0.05, 0.1) is 28.2 Å². The van der Waals surface area contributed by atoms with Gasteiger partial charge in [-0.2, -0.15) is 0 Å². The third-order valence-corrected chi connectivity index (χ3v) is 17.2. The van der Waals surface area contributed by atoms with Crippen molar-refractivity contribution in [1.82, 2.24) is 18.7 Å². The van der Waals surface area contributed by atoms with Crippen molar-refractivity contribution in [2.45, 2.75) is 144 Å².